The Bertz CT molecular complexity index is 542. The van der Waals surface area contributed by atoms with Crippen LogP contribution in [-0.2, 0) is 0 Å². The van der Waals surface area contributed by atoms with Crippen molar-refractivity contribution < 1.29 is 0 Å². The van der Waals surface area contributed by atoms with Crippen LogP contribution in [0.2, 0.25) is 0 Å². The SMILES string of the molecule is CC(C)C1CCCC(Nc2ccc(-c3cnc[nH]3)cc2)C1. The van der Waals surface area contributed by atoms with E-state index in [4.69, 9.17) is 0 Å². The summed E-state index contributed by atoms with van der Waals surface area (Å²) in [5, 5.41) is 3.71. The summed E-state index contributed by atoms with van der Waals surface area (Å²) < 4.78 is 0. The Morgan fingerprint density at radius 2 is 2.00 bits per heavy atom. The number of hydrogen-bond acceptors (Lipinski definition) is 2. The van der Waals surface area contributed by atoms with Crippen molar-refractivity contribution in [2.24, 2.45) is 11.8 Å². The number of aromatic nitrogens is 2. The Morgan fingerprint density at radius 3 is 2.67 bits per heavy atom. The van der Waals surface area contributed by atoms with Gasteiger partial charge in [0, 0.05) is 11.7 Å². The molecule has 2 aromatic rings. The maximum Gasteiger partial charge on any atom is 0.0924 e. The highest BCUT2D eigenvalue weighted by atomic mass is 14.9. The largest absolute Gasteiger partial charge is 0.382 e. The van der Waals surface area contributed by atoms with Gasteiger partial charge in [-0.25, -0.2) is 4.98 Å². The molecular weight excluding hydrogens is 258 g/mol. The van der Waals surface area contributed by atoms with Gasteiger partial charge >= 0.3 is 0 Å². The fourth-order valence-electron chi connectivity index (χ4n) is 3.36. The summed E-state index contributed by atoms with van der Waals surface area (Å²) in [6, 6.07) is 9.28. The predicted octanol–water partition coefficient (Wildman–Crippen LogP) is 4.70. The van der Waals surface area contributed by atoms with E-state index in [0.29, 0.717) is 6.04 Å². The zero-order valence-corrected chi connectivity index (χ0v) is 13.0. The number of benzene rings is 1. The molecule has 0 aliphatic heterocycles. The molecule has 3 nitrogen and oxygen atoms in total. The number of nitrogens with zero attached hydrogens (tertiary/aromatic N) is 1. The van der Waals surface area contributed by atoms with Crippen LogP contribution in [0.15, 0.2) is 36.8 Å². The summed E-state index contributed by atoms with van der Waals surface area (Å²) >= 11 is 0. The third-order valence-corrected chi connectivity index (χ3v) is 4.72. The van der Waals surface area contributed by atoms with E-state index >= 15 is 0 Å². The maximum absolute atomic E-state index is 4.07. The zero-order valence-electron chi connectivity index (χ0n) is 13.0. The second kappa shape index (κ2) is 6.33. The Balaban J connectivity index is 1.62. The van der Waals surface area contributed by atoms with Gasteiger partial charge in [0.1, 0.15) is 0 Å². The van der Waals surface area contributed by atoms with Gasteiger partial charge in [-0.1, -0.05) is 38.8 Å². The molecule has 1 aromatic carbocycles. The first kappa shape index (κ1) is 14.2. The summed E-state index contributed by atoms with van der Waals surface area (Å²) in [6.45, 7) is 4.71. The fourth-order valence-corrected chi connectivity index (χ4v) is 3.36. The van der Waals surface area contributed by atoms with Gasteiger partial charge < -0.3 is 10.3 Å². The average molecular weight is 283 g/mol. The third kappa shape index (κ3) is 3.46. The summed E-state index contributed by atoms with van der Waals surface area (Å²) in [6.07, 6.45) is 8.93. The van der Waals surface area contributed by atoms with Crippen molar-refractivity contribution in [3.63, 3.8) is 0 Å². The number of anilines is 1. The van der Waals surface area contributed by atoms with Gasteiger partial charge in [-0.05, 0) is 42.4 Å². The molecule has 0 radical (unpaired) electrons. The van der Waals surface area contributed by atoms with Crippen molar-refractivity contribution in [2.75, 3.05) is 5.32 Å². The standard InChI is InChI=1S/C18H25N3/c1-13(2)15-4-3-5-17(10-15)21-16-8-6-14(7-9-16)18-11-19-12-20-18/h6-9,11-13,15,17,21H,3-5,10H2,1-2H3,(H,19,20). The lowest BCUT2D eigenvalue weighted by Gasteiger charge is -2.32. The molecule has 1 heterocycles. The third-order valence-electron chi connectivity index (χ3n) is 4.72. The number of hydrogen-bond donors (Lipinski definition) is 2. The molecule has 3 rings (SSSR count). The van der Waals surface area contributed by atoms with E-state index < -0.39 is 0 Å². The molecule has 2 unspecified atom stereocenters. The molecule has 0 amide bonds. The molecule has 2 N–H and O–H groups in total. The minimum atomic E-state index is 0.629. The smallest absolute Gasteiger partial charge is 0.0924 e. The second-order valence-corrected chi connectivity index (χ2v) is 6.55. The highest BCUT2D eigenvalue weighted by Crippen LogP contribution is 2.31. The number of imidazole rings is 1. The molecule has 3 heteroatoms. The Labute approximate surface area is 127 Å². The Kier molecular flexibility index (Phi) is 4.28. The van der Waals surface area contributed by atoms with Crippen molar-refractivity contribution >= 4 is 5.69 Å². The number of H-pyrrole nitrogens is 1. The van der Waals surface area contributed by atoms with Crippen LogP contribution in [0.3, 0.4) is 0 Å². The minimum absolute atomic E-state index is 0.629. The normalized spacial score (nSPS) is 22.4. The van der Waals surface area contributed by atoms with Gasteiger partial charge in [-0.3, -0.25) is 0 Å². The van der Waals surface area contributed by atoms with Crippen LogP contribution < -0.4 is 5.32 Å². The fraction of sp³-hybridized carbons (Fsp3) is 0.500. The summed E-state index contributed by atoms with van der Waals surface area (Å²) in [5.74, 6) is 1.68. The highest BCUT2D eigenvalue weighted by molar-refractivity contribution is 5.62. The van der Waals surface area contributed by atoms with Gasteiger partial charge in [-0.15, -0.1) is 0 Å². The molecule has 1 aromatic heterocycles. The Hall–Kier alpha value is -1.77. The molecule has 0 saturated heterocycles. The van der Waals surface area contributed by atoms with Gasteiger partial charge in [0.05, 0.1) is 18.2 Å². The molecule has 0 bridgehead atoms. The van der Waals surface area contributed by atoms with Crippen molar-refractivity contribution in [3.8, 4) is 11.3 Å². The lowest BCUT2D eigenvalue weighted by atomic mass is 9.79. The van der Waals surface area contributed by atoms with Crippen LogP contribution in [0, 0.1) is 11.8 Å². The van der Waals surface area contributed by atoms with Crippen molar-refractivity contribution in [2.45, 2.75) is 45.6 Å². The molecule has 1 fully saturated rings. The quantitative estimate of drug-likeness (QED) is 0.853. The van der Waals surface area contributed by atoms with Crippen molar-refractivity contribution in [1.82, 2.24) is 9.97 Å². The first-order valence-corrected chi connectivity index (χ1v) is 8.07. The maximum atomic E-state index is 4.07. The molecule has 112 valence electrons. The zero-order chi connectivity index (χ0) is 14.7. The van der Waals surface area contributed by atoms with Crippen molar-refractivity contribution in [1.29, 1.82) is 0 Å². The lowest BCUT2D eigenvalue weighted by molar-refractivity contribution is 0.264. The molecule has 2 atom stereocenters. The van der Waals surface area contributed by atoms with Gasteiger partial charge in [0.2, 0.25) is 0 Å². The highest BCUT2D eigenvalue weighted by Gasteiger charge is 2.23. The number of nitrogens with one attached hydrogen (secondary N) is 2. The molecule has 21 heavy (non-hydrogen) atoms. The predicted molar refractivity (Wildman–Crippen MR) is 88.2 cm³/mol. The van der Waals surface area contributed by atoms with E-state index in [1.165, 1.54) is 36.9 Å². The van der Waals surface area contributed by atoms with Crippen molar-refractivity contribution in [3.05, 3.63) is 36.8 Å². The van der Waals surface area contributed by atoms with Gasteiger partial charge in [0.15, 0.2) is 0 Å². The van der Waals surface area contributed by atoms with Crippen LogP contribution in [0.25, 0.3) is 11.3 Å². The van der Waals surface area contributed by atoms with E-state index in [1.807, 2.05) is 6.20 Å². The monoisotopic (exact) mass is 283 g/mol. The van der Waals surface area contributed by atoms with Crippen LogP contribution in [0.1, 0.15) is 39.5 Å². The summed E-state index contributed by atoms with van der Waals surface area (Å²) in [5.41, 5.74) is 3.48. The topological polar surface area (TPSA) is 40.7 Å². The van der Waals surface area contributed by atoms with E-state index in [1.54, 1.807) is 6.33 Å². The van der Waals surface area contributed by atoms with Crippen LogP contribution in [0.5, 0.6) is 0 Å². The van der Waals surface area contributed by atoms with E-state index in [-0.39, 0.29) is 0 Å². The van der Waals surface area contributed by atoms with Gasteiger partial charge in [-0.2, -0.15) is 0 Å². The first-order chi connectivity index (χ1) is 10.2. The number of rotatable bonds is 4. The van der Waals surface area contributed by atoms with Crippen LogP contribution in [-0.4, -0.2) is 16.0 Å². The number of aromatic amines is 1. The molecule has 1 aliphatic carbocycles. The molecule has 0 spiro atoms. The lowest BCUT2D eigenvalue weighted by Crippen LogP contribution is -2.29. The van der Waals surface area contributed by atoms with E-state index in [2.05, 4.69) is 53.4 Å². The summed E-state index contributed by atoms with van der Waals surface area (Å²) in [4.78, 5) is 7.21. The second-order valence-electron chi connectivity index (χ2n) is 6.55. The summed E-state index contributed by atoms with van der Waals surface area (Å²) in [7, 11) is 0. The average Bonchev–Trinajstić information content (AvgIpc) is 3.02. The minimum Gasteiger partial charge on any atom is -0.382 e. The molecule has 1 aliphatic rings. The molecular formula is C18H25N3. The van der Waals surface area contributed by atoms with E-state index in [0.717, 1.165) is 17.5 Å². The van der Waals surface area contributed by atoms with Crippen LogP contribution >= 0.6 is 0 Å². The van der Waals surface area contributed by atoms with Crippen LogP contribution in [0.4, 0.5) is 5.69 Å². The van der Waals surface area contributed by atoms with E-state index in [9.17, 15) is 0 Å². The van der Waals surface area contributed by atoms with Gasteiger partial charge in [0.25, 0.3) is 0 Å². The molecule has 1 saturated carbocycles. The Morgan fingerprint density at radius 1 is 1.19 bits per heavy atom. The first-order valence-electron chi connectivity index (χ1n) is 8.07.